The lowest BCUT2D eigenvalue weighted by Gasteiger charge is -2.16. The third-order valence-electron chi connectivity index (χ3n) is 6.96. The minimum Gasteiger partial charge on any atom is -0.497 e. The smallest absolute Gasteiger partial charge is 0.203 e. The largest absolute Gasteiger partial charge is 0.497 e. The van der Waals surface area contributed by atoms with E-state index in [0.717, 1.165) is 59.6 Å². The molecule has 41 heavy (non-hydrogen) atoms. The van der Waals surface area contributed by atoms with Crippen LogP contribution in [0, 0.1) is 0 Å². The van der Waals surface area contributed by atoms with Gasteiger partial charge in [-0.05, 0) is 90.4 Å². The van der Waals surface area contributed by atoms with Crippen molar-refractivity contribution >= 4 is 0 Å². The molecule has 4 rings (SSSR count). The first-order valence-electron chi connectivity index (χ1n) is 13.4. The number of hydrogen-bond acceptors (Lipinski definition) is 7. The Kier molecular flexibility index (Phi) is 10.2. The molecule has 4 aromatic rings. The fourth-order valence-electron chi connectivity index (χ4n) is 4.74. The molecule has 0 fully saturated rings. The highest BCUT2D eigenvalue weighted by molar-refractivity contribution is 5.54. The van der Waals surface area contributed by atoms with E-state index in [2.05, 4.69) is 24.3 Å². The molecule has 0 aliphatic heterocycles. The summed E-state index contributed by atoms with van der Waals surface area (Å²) in [6, 6.07) is 24.1. The van der Waals surface area contributed by atoms with Crippen LogP contribution in [0.25, 0.3) is 0 Å². The van der Waals surface area contributed by atoms with Gasteiger partial charge in [-0.15, -0.1) is 0 Å². The number of benzene rings is 4. The maximum absolute atomic E-state index is 6.37. The summed E-state index contributed by atoms with van der Waals surface area (Å²) in [5, 5.41) is 0. The summed E-state index contributed by atoms with van der Waals surface area (Å²) in [7, 11) is 9.83. The molecule has 0 bridgehead atoms. The summed E-state index contributed by atoms with van der Waals surface area (Å²) >= 11 is 0. The molecule has 0 aromatic heterocycles. The van der Waals surface area contributed by atoms with Gasteiger partial charge in [-0.25, -0.2) is 0 Å². The van der Waals surface area contributed by atoms with Gasteiger partial charge < -0.3 is 33.2 Å². The molecule has 0 spiro atoms. The number of methoxy groups -OCH3 is 6. The Labute approximate surface area is 242 Å². The zero-order valence-corrected chi connectivity index (χ0v) is 24.6. The number of rotatable bonds is 14. The number of ether oxygens (including phenoxy) is 7. The van der Waals surface area contributed by atoms with Gasteiger partial charge in [-0.2, -0.15) is 0 Å². The van der Waals surface area contributed by atoms with E-state index >= 15 is 0 Å². The van der Waals surface area contributed by atoms with E-state index < -0.39 is 0 Å². The fourth-order valence-corrected chi connectivity index (χ4v) is 4.74. The predicted octanol–water partition coefficient (Wildman–Crippen LogP) is 7.10. The van der Waals surface area contributed by atoms with Crippen molar-refractivity contribution in [2.45, 2.75) is 25.7 Å². The van der Waals surface area contributed by atoms with Gasteiger partial charge in [0, 0.05) is 6.07 Å². The molecule has 0 aliphatic carbocycles. The monoisotopic (exact) mass is 558 g/mol. The van der Waals surface area contributed by atoms with Gasteiger partial charge in [0.25, 0.3) is 0 Å². The van der Waals surface area contributed by atoms with Crippen LogP contribution >= 0.6 is 0 Å². The second-order valence-electron chi connectivity index (χ2n) is 9.45. The standard InChI is InChI=1S/C34H38O7/c1-35-27-16-13-23(14-17-27)12-15-26-21-31(30(37-3)22-29(26)36-2)41-28-9-7-8-24(18-28)10-11-25-19-32(38-4)34(40-6)33(20-25)39-5/h7-9,13-14,16-22H,10-12,15H2,1-6H3. The predicted molar refractivity (Wildman–Crippen MR) is 160 cm³/mol. The summed E-state index contributed by atoms with van der Waals surface area (Å²) in [6.45, 7) is 0. The van der Waals surface area contributed by atoms with Crippen LogP contribution in [0.15, 0.2) is 72.8 Å². The SMILES string of the molecule is COc1ccc(CCc2cc(Oc3cccc(CCc4cc(OC)c(OC)c(OC)c4)c3)c(OC)cc2OC)cc1. The Morgan fingerprint density at radius 2 is 1.05 bits per heavy atom. The highest BCUT2D eigenvalue weighted by Gasteiger charge is 2.15. The van der Waals surface area contributed by atoms with Crippen LogP contribution in [0.2, 0.25) is 0 Å². The quantitative estimate of drug-likeness (QED) is 0.164. The van der Waals surface area contributed by atoms with Gasteiger partial charge >= 0.3 is 0 Å². The highest BCUT2D eigenvalue weighted by Crippen LogP contribution is 2.40. The van der Waals surface area contributed by atoms with Gasteiger partial charge in [0.05, 0.1) is 42.7 Å². The number of hydrogen-bond donors (Lipinski definition) is 0. The third kappa shape index (κ3) is 7.37. The minimum absolute atomic E-state index is 0.589. The molecule has 0 radical (unpaired) electrons. The molecule has 0 aliphatic rings. The van der Waals surface area contributed by atoms with Gasteiger partial charge in [0.1, 0.15) is 17.2 Å². The lowest BCUT2D eigenvalue weighted by atomic mass is 10.0. The number of aryl methyl sites for hydroxylation is 4. The molecular weight excluding hydrogens is 520 g/mol. The molecular formula is C34H38O7. The Balaban J connectivity index is 1.50. The van der Waals surface area contributed by atoms with Crippen molar-refractivity contribution in [3.05, 3.63) is 95.1 Å². The van der Waals surface area contributed by atoms with Gasteiger partial charge in [0.2, 0.25) is 5.75 Å². The first-order valence-corrected chi connectivity index (χ1v) is 13.4. The molecule has 0 amide bonds. The zero-order valence-electron chi connectivity index (χ0n) is 24.6. The van der Waals surface area contributed by atoms with Crippen molar-refractivity contribution in [2.75, 3.05) is 42.7 Å². The normalized spacial score (nSPS) is 10.6. The van der Waals surface area contributed by atoms with E-state index in [9.17, 15) is 0 Å². The molecule has 0 heterocycles. The average Bonchev–Trinajstić information content (AvgIpc) is 3.02. The molecule has 216 valence electrons. The molecule has 0 saturated heterocycles. The van der Waals surface area contributed by atoms with E-state index in [1.54, 1.807) is 42.7 Å². The lowest BCUT2D eigenvalue weighted by Crippen LogP contribution is -2.00. The second-order valence-corrected chi connectivity index (χ2v) is 9.45. The maximum Gasteiger partial charge on any atom is 0.203 e. The highest BCUT2D eigenvalue weighted by atomic mass is 16.5. The molecule has 0 atom stereocenters. The van der Waals surface area contributed by atoms with Crippen molar-refractivity contribution in [1.82, 2.24) is 0 Å². The van der Waals surface area contributed by atoms with E-state index in [-0.39, 0.29) is 0 Å². The Morgan fingerprint density at radius 1 is 0.415 bits per heavy atom. The zero-order chi connectivity index (χ0) is 29.2. The summed E-state index contributed by atoms with van der Waals surface area (Å²) < 4.78 is 39.4. The first-order chi connectivity index (χ1) is 20.0. The van der Waals surface area contributed by atoms with E-state index in [1.807, 2.05) is 48.5 Å². The van der Waals surface area contributed by atoms with Crippen LogP contribution in [0.5, 0.6) is 46.0 Å². The van der Waals surface area contributed by atoms with Crippen molar-refractivity contribution in [3.8, 4) is 46.0 Å². The van der Waals surface area contributed by atoms with Crippen LogP contribution in [-0.2, 0) is 25.7 Å². The second kappa shape index (κ2) is 14.2. The van der Waals surface area contributed by atoms with Gasteiger partial charge in [-0.3, -0.25) is 0 Å². The van der Waals surface area contributed by atoms with Crippen LogP contribution in [-0.4, -0.2) is 42.7 Å². The maximum atomic E-state index is 6.37. The van der Waals surface area contributed by atoms with Crippen molar-refractivity contribution < 1.29 is 33.2 Å². The van der Waals surface area contributed by atoms with E-state index in [0.29, 0.717) is 28.7 Å². The van der Waals surface area contributed by atoms with Crippen LogP contribution < -0.4 is 33.2 Å². The lowest BCUT2D eigenvalue weighted by molar-refractivity contribution is 0.324. The van der Waals surface area contributed by atoms with E-state index in [4.69, 9.17) is 33.2 Å². The van der Waals surface area contributed by atoms with Crippen molar-refractivity contribution in [1.29, 1.82) is 0 Å². The van der Waals surface area contributed by atoms with Gasteiger partial charge in [-0.1, -0.05) is 24.3 Å². The molecule has 7 nitrogen and oxygen atoms in total. The van der Waals surface area contributed by atoms with Crippen molar-refractivity contribution in [3.63, 3.8) is 0 Å². The van der Waals surface area contributed by atoms with Crippen LogP contribution in [0.4, 0.5) is 0 Å². The molecule has 0 unspecified atom stereocenters. The van der Waals surface area contributed by atoms with Crippen LogP contribution in [0.1, 0.15) is 22.3 Å². The topological polar surface area (TPSA) is 64.6 Å². The Hall–Kier alpha value is -4.52. The Morgan fingerprint density at radius 3 is 1.66 bits per heavy atom. The third-order valence-corrected chi connectivity index (χ3v) is 6.96. The molecule has 4 aromatic carbocycles. The minimum atomic E-state index is 0.589. The van der Waals surface area contributed by atoms with Gasteiger partial charge in [0.15, 0.2) is 23.0 Å². The average molecular weight is 559 g/mol. The van der Waals surface area contributed by atoms with Crippen molar-refractivity contribution in [2.24, 2.45) is 0 Å². The molecule has 0 N–H and O–H groups in total. The first kappa shape index (κ1) is 29.5. The summed E-state index contributed by atoms with van der Waals surface area (Å²) in [5.41, 5.74) is 4.48. The molecule has 7 heteroatoms. The summed E-state index contributed by atoms with van der Waals surface area (Å²) in [5.74, 6) is 5.47. The summed E-state index contributed by atoms with van der Waals surface area (Å²) in [6.07, 6.45) is 3.23. The fraction of sp³-hybridized carbons (Fsp3) is 0.294. The Bertz CT molecular complexity index is 1400. The molecule has 0 saturated carbocycles. The van der Waals surface area contributed by atoms with Crippen LogP contribution in [0.3, 0.4) is 0 Å². The van der Waals surface area contributed by atoms with E-state index in [1.165, 1.54) is 5.56 Å². The summed E-state index contributed by atoms with van der Waals surface area (Å²) in [4.78, 5) is 0.